The molecule has 6 aromatic carbocycles. The van der Waals surface area contributed by atoms with E-state index in [2.05, 4.69) is 0 Å². The van der Waals surface area contributed by atoms with Gasteiger partial charge in [-0.15, -0.1) is 0 Å². The Morgan fingerprint density at radius 2 is 0.462 bits per heavy atom. The molecular weight excluding hydrogens is 489 g/mol. The molecular formula is C36H26MgO2. The SMILES string of the molecule is [Mg+2].[O-]c1c(-c2ccccc2)cccc1-c1ccccc1.[O-]c1c(-c2ccccc2)cccc1-c1ccccc1. The van der Waals surface area contributed by atoms with Crippen molar-refractivity contribution in [2.24, 2.45) is 0 Å². The second kappa shape index (κ2) is 13.5. The summed E-state index contributed by atoms with van der Waals surface area (Å²) in [6.45, 7) is 0. The van der Waals surface area contributed by atoms with Crippen LogP contribution in [0.1, 0.15) is 0 Å². The molecule has 0 amide bonds. The van der Waals surface area contributed by atoms with Crippen LogP contribution in [0.3, 0.4) is 0 Å². The third-order valence-electron chi connectivity index (χ3n) is 6.37. The summed E-state index contributed by atoms with van der Waals surface area (Å²) in [5, 5.41) is 25.1. The molecule has 2 nitrogen and oxygen atoms in total. The van der Waals surface area contributed by atoms with Crippen LogP contribution in [0.15, 0.2) is 158 Å². The van der Waals surface area contributed by atoms with Crippen molar-refractivity contribution in [2.45, 2.75) is 0 Å². The van der Waals surface area contributed by atoms with Gasteiger partial charge in [-0.2, -0.15) is 0 Å². The van der Waals surface area contributed by atoms with E-state index in [0.717, 1.165) is 44.5 Å². The van der Waals surface area contributed by atoms with Gasteiger partial charge in [-0.25, -0.2) is 0 Å². The molecule has 0 aliphatic carbocycles. The van der Waals surface area contributed by atoms with Crippen LogP contribution in [-0.4, -0.2) is 23.1 Å². The zero-order valence-corrected chi connectivity index (χ0v) is 22.9. The minimum atomic E-state index is 0. The van der Waals surface area contributed by atoms with Crippen molar-refractivity contribution in [3.63, 3.8) is 0 Å². The van der Waals surface area contributed by atoms with E-state index < -0.39 is 0 Å². The van der Waals surface area contributed by atoms with Crippen molar-refractivity contribution in [2.75, 3.05) is 0 Å². The van der Waals surface area contributed by atoms with Gasteiger partial charge in [0.25, 0.3) is 0 Å². The van der Waals surface area contributed by atoms with E-state index in [1.165, 1.54) is 0 Å². The molecule has 0 N–H and O–H groups in total. The van der Waals surface area contributed by atoms with Crippen LogP contribution in [0.4, 0.5) is 0 Å². The van der Waals surface area contributed by atoms with Crippen LogP contribution in [0, 0.1) is 0 Å². The Morgan fingerprint density at radius 1 is 0.256 bits per heavy atom. The molecule has 0 aromatic heterocycles. The van der Waals surface area contributed by atoms with Gasteiger partial charge in [-0.1, -0.05) is 169 Å². The first-order valence-electron chi connectivity index (χ1n) is 12.5. The molecule has 0 heterocycles. The number of rotatable bonds is 4. The van der Waals surface area contributed by atoms with Gasteiger partial charge in [-0.3, -0.25) is 0 Å². The molecule has 0 unspecified atom stereocenters. The minimum absolute atomic E-state index is 0. The summed E-state index contributed by atoms with van der Waals surface area (Å²) in [7, 11) is 0. The number of benzene rings is 6. The maximum absolute atomic E-state index is 12.6. The van der Waals surface area contributed by atoms with Crippen LogP contribution in [0.25, 0.3) is 44.5 Å². The zero-order valence-electron chi connectivity index (χ0n) is 21.5. The van der Waals surface area contributed by atoms with Crippen LogP contribution < -0.4 is 10.2 Å². The van der Waals surface area contributed by atoms with E-state index in [1.54, 1.807) is 0 Å². The van der Waals surface area contributed by atoms with Gasteiger partial charge >= 0.3 is 23.1 Å². The van der Waals surface area contributed by atoms with Gasteiger partial charge < -0.3 is 10.2 Å². The molecule has 184 valence electrons. The van der Waals surface area contributed by atoms with Crippen molar-refractivity contribution < 1.29 is 10.2 Å². The maximum Gasteiger partial charge on any atom is 2.00 e. The molecule has 39 heavy (non-hydrogen) atoms. The fraction of sp³-hybridized carbons (Fsp3) is 0. The topological polar surface area (TPSA) is 46.1 Å². The largest absolute Gasteiger partial charge is 2.00 e. The average Bonchev–Trinajstić information content (AvgIpc) is 2.99. The minimum Gasteiger partial charge on any atom is -0.872 e. The third kappa shape index (κ3) is 6.58. The van der Waals surface area contributed by atoms with Gasteiger partial charge in [0.1, 0.15) is 0 Å². The molecule has 6 rings (SSSR count). The molecule has 0 aliphatic rings. The summed E-state index contributed by atoms with van der Waals surface area (Å²) in [5.41, 5.74) is 6.86. The Bertz CT molecular complexity index is 1360. The van der Waals surface area contributed by atoms with Gasteiger partial charge in [0.15, 0.2) is 0 Å². The summed E-state index contributed by atoms with van der Waals surface area (Å²) < 4.78 is 0. The van der Waals surface area contributed by atoms with Crippen LogP contribution in [0.5, 0.6) is 11.5 Å². The average molecular weight is 515 g/mol. The molecule has 0 saturated heterocycles. The standard InChI is InChI=1S/2C18H14O.Mg/c2*19-18-16(14-8-3-1-4-9-14)12-7-13-17(18)15-10-5-2-6-11-15;/h2*1-13,19H;/q;;+2/p-2. The van der Waals surface area contributed by atoms with E-state index in [-0.39, 0.29) is 34.6 Å². The second-order valence-electron chi connectivity index (χ2n) is 8.83. The summed E-state index contributed by atoms with van der Waals surface area (Å²) in [6.07, 6.45) is 0. The van der Waals surface area contributed by atoms with Crippen LogP contribution in [0.2, 0.25) is 0 Å². The molecule has 0 radical (unpaired) electrons. The van der Waals surface area contributed by atoms with Gasteiger partial charge in [0.05, 0.1) is 0 Å². The first-order chi connectivity index (χ1) is 18.7. The number of para-hydroxylation sites is 2. The first-order valence-corrected chi connectivity index (χ1v) is 12.5. The summed E-state index contributed by atoms with van der Waals surface area (Å²) in [5.74, 6) is 0.166. The van der Waals surface area contributed by atoms with E-state index in [9.17, 15) is 10.2 Å². The third-order valence-corrected chi connectivity index (χ3v) is 6.37. The van der Waals surface area contributed by atoms with Crippen molar-refractivity contribution in [3.8, 4) is 56.0 Å². The Balaban J connectivity index is 0.000000176. The molecule has 0 fully saturated rings. The molecule has 0 aliphatic heterocycles. The number of hydrogen-bond donors (Lipinski definition) is 0. The summed E-state index contributed by atoms with van der Waals surface area (Å²) in [4.78, 5) is 0. The first kappa shape index (κ1) is 27.7. The van der Waals surface area contributed by atoms with Crippen LogP contribution in [-0.2, 0) is 0 Å². The molecule has 0 bridgehead atoms. The Hall–Kier alpha value is -4.31. The Morgan fingerprint density at radius 3 is 0.667 bits per heavy atom. The van der Waals surface area contributed by atoms with E-state index in [1.807, 2.05) is 158 Å². The van der Waals surface area contributed by atoms with Crippen molar-refractivity contribution in [1.82, 2.24) is 0 Å². The predicted molar refractivity (Wildman–Crippen MR) is 159 cm³/mol. The molecule has 0 atom stereocenters. The smallest absolute Gasteiger partial charge is 0.872 e. The van der Waals surface area contributed by atoms with Crippen LogP contribution >= 0.6 is 0 Å². The van der Waals surface area contributed by atoms with Crippen molar-refractivity contribution in [1.29, 1.82) is 0 Å². The monoisotopic (exact) mass is 514 g/mol. The molecule has 0 saturated carbocycles. The van der Waals surface area contributed by atoms with E-state index in [4.69, 9.17) is 0 Å². The summed E-state index contributed by atoms with van der Waals surface area (Å²) in [6, 6.07) is 50.5. The van der Waals surface area contributed by atoms with Gasteiger partial charge in [0.2, 0.25) is 0 Å². The normalized spacial score (nSPS) is 10.1. The predicted octanol–water partition coefficient (Wildman–Crippen LogP) is 7.81. The quantitative estimate of drug-likeness (QED) is 0.225. The fourth-order valence-electron chi connectivity index (χ4n) is 4.45. The number of hydrogen-bond acceptors (Lipinski definition) is 2. The zero-order chi connectivity index (χ0) is 26.2. The summed E-state index contributed by atoms with van der Waals surface area (Å²) >= 11 is 0. The Kier molecular flexibility index (Phi) is 9.57. The molecule has 0 spiro atoms. The second-order valence-corrected chi connectivity index (χ2v) is 8.83. The van der Waals surface area contributed by atoms with E-state index >= 15 is 0 Å². The van der Waals surface area contributed by atoms with Crippen molar-refractivity contribution in [3.05, 3.63) is 158 Å². The van der Waals surface area contributed by atoms with Crippen molar-refractivity contribution >= 4 is 23.1 Å². The van der Waals surface area contributed by atoms with E-state index in [0.29, 0.717) is 0 Å². The fourth-order valence-corrected chi connectivity index (χ4v) is 4.45. The molecule has 3 heteroatoms. The Labute approximate surface area is 246 Å². The molecule has 6 aromatic rings. The van der Waals surface area contributed by atoms with Gasteiger partial charge in [-0.05, 0) is 44.5 Å². The van der Waals surface area contributed by atoms with Gasteiger partial charge in [0, 0.05) is 0 Å². The maximum atomic E-state index is 12.6.